The average molecular weight is 717 g/mol. The van der Waals surface area contributed by atoms with Crippen LogP contribution in [-0.2, 0) is 38.6 Å². The molecule has 1 aromatic carbocycles. The number of fused-ring (bicyclic) bond motifs is 2. The molecule has 264 valence electrons. The molecule has 3 aromatic heterocycles. The summed E-state index contributed by atoms with van der Waals surface area (Å²) in [6, 6.07) is 9.83. The van der Waals surface area contributed by atoms with Crippen LogP contribution in [0.4, 0.5) is 13.2 Å². The number of nitrogens with one attached hydrogen (secondary N) is 2. The highest BCUT2D eigenvalue weighted by Gasteiger charge is 2.64. The molecule has 2 aliphatic rings. The van der Waals surface area contributed by atoms with Crippen LogP contribution in [0.1, 0.15) is 29.0 Å². The largest absolute Gasteiger partial charge is 0.491 e. The van der Waals surface area contributed by atoms with Crippen molar-refractivity contribution in [2.24, 2.45) is 0 Å². The van der Waals surface area contributed by atoms with Gasteiger partial charge < -0.3 is 34.1 Å². The smallest absolute Gasteiger partial charge is 0.393 e. The molecule has 0 unspecified atom stereocenters. The van der Waals surface area contributed by atoms with Gasteiger partial charge in [0.25, 0.3) is 11.7 Å². The maximum atomic E-state index is 13.2. The van der Waals surface area contributed by atoms with Crippen LogP contribution >= 0.6 is 11.3 Å². The summed E-state index contributed by atoms with van der Waals surface area (Å²) in [4.78, 5) is 34.1. The fraction of sp³-hybridized carbons (Fsp3) is 0.375. The van der Waals surface area contributed by atoms with E-state index in [0.29, 0.717) is 23.4 Å². The van der Waals surface area contributed by atoms with Gasteiger partial charge >= 0.3 is 24.1 Å². The van der Waals surface area contributed by atoms with Crippen molar-refractivity contribution in [3.8, 4) is 28.9 Å². The standard InChI is InChI=1S/C32H31F3N6O8S/c1-45-24-11-22(40-41-27(24)46-2)18-6-4-17(5-7-18)15-36-19-12-30(31(44,13-19)49-26(43)9-8-25(42)48-30)37-16-23-21-10-20(14-32(33,34)35)50-28(21)39-29(38-23)47-3/h4-11,19,36-37,44H,12-16H2,1-3H3/b9-8+/t19-,30+,31-/m1/s1. The normalized spacial score (nSPS) is 22.7. The molecule has 0 spiro atoms. The lowest BCUT2D eigenvalue weighted by Crippen LogP contribution is -2.64. The van der Waals surface area contributed by atoms with Gasteiger partial charge in [0.15, 0.2) is 5.75 Å². The van der Waals surface area contributed by atoms with Crippen molar-refractivity contribution in [1.82, 2.24) is 30.8 Å². The molecule has 1 fully saturated rings. The van der Waals surface area contributed by atoms with Gasteiger partial charge in [-0.2, -0.15) is 23.1 Å². The molecule has 0 saturated heterocycles. The quantitative estimate of drug-likeness (QED) is 0.193. The molecule has 14 nitrogen and oxygen atoms in total. The highest BCUT2D eigenvalue weighted by Crippen LogP contribution is 2.43. The number of aliphatic hydroxyl groups is 1. The number of benzene rings is 1. The van der Waals surface area contributed by atoms with Gasteiger partial charge in [-0.25, -0.2) is 9.59 Å². The predicted octanol–water partition coefficient (Wildman–Crippen LogP) is 3.36. The van der Waals surface area contributed by atoms with E-state index in [2.05, 4.69) is 30.8 Å². The molecule has 1 aliphatic carbocycles. The fourth-order valence-corrected chi connectivity index (χ4v) is 6.92. The molecule has 18 heteroatoms. The number of hydrogen-bond donors (Lipinski definition) is 3. The van der Waals surface area contributed by atoms with Crippen LogP contribution in [0.15, 0.2) is 48.6 Å². The minimum atomic E-state index is -4.44. The molecule has 1 aliphatic heterocycles. The fourth-order valence-electron chi connectivity index (χ4n) is 5.85. The van der Waals surface area contributed by atoms with Gasteiger partial charge in [0, 0.05) is 66.0 Å². The van der Waals surface area contributed by atoms with Crippen LogP contribution in [0.25, 0.3) is 21.5 Å². The van der Waals surface area contributed by atoms with E-state index in [-0.39, 0.29) is 46.7 Å². The number of methoxy groups -OCH3 is 3. The molecule has 0 radical (unpaired) electrons. The lowest BCUT2D eigenvalue weighted by Gasteiger charge is -2.41. The Balaban J connectivity index is 1.23. The van der Waals surface area contributed by atoms with Crippen molar-refractivity contribution >= 4 is 33.5 Å². The Bertz CT molecular complexity index is 1940. The zero-order valence-corrected chi connectivity index (χ0v) is 27.7. The van der Waals surface area contributed by atoms with Crippen LogP contribution in [0.3, 0.4) is 0 Å². The summed E-state index contributed by atoms with van der Waals surface area (Å²) in [6.45, 7) is 0.0805. The van der Waals surface area contributed by atoms with Gasteiger partial charge in [-0.15, -0.1) is 21.5 Å². The lowest BCUT2D eigenvalue weighted by molar-refractivity contribution is -0.285. The second kappa shape index (κ2) is 13.8. The Morgan fingerprint density at radius 2 is 1.70 bits per heavy atom. The Morgan fingerprint density at radius 1 is 0.960 bits per heavy atom. The van der Waals surface area contributed by atoms with Crippen LogP contribution in [0.5, 0.6) is 17.6 Å². The topological polar surface area (TPSA) is 176 Å². The summed E-state index contributed by atoms with van der Waals surface area (Å²) in [5.74, 6) is -3.54. The van der Waals surface area contributed by atoms with Crippen molar-refractivity contribution in [1.29, 1.82) is 0 Å². The van der Waals surface area contributed by atoms with Crippen LogP contribution in [0, 0.1) is 0 Å². The molecule has 4 aromatic rings. The lowest BCUT2D eigenvalue weighted by atomic mass is 10.0. The maximum Gasteiger partial charge on any atom is 0.393 e. The van der Waals surface area contributed by atoms with E-state index in [0.717, 1.165) is 34.6 Å². The second-order valence-electron chi connectivity index (χ2n) is 11.5. The van der Waals surface area contributed by atoms with Crippen molar-refractivity contribution in [3.05, 3.63) is 64.7 Å². The van der Waals surface area contributed by atoms with Gasteiger partial charge in [-0.1, -0.05) is 24.3 Å². The van der Waals surface area contributed by atoms with E-state index in [1.807, 2.05) is 24.3 Å². The summed E-state index contributed by atoms with van der Waals surface area (Å²) in [7, 11) is 4.28. The summed E-state index contributed by atoms with van der Waals surface area (Å²) in [5.41, 5.74) is 0.437. The number of halogens is 3. The first-order chi connectivity index (χ1) is 23.8. The van der Waals surface area contributed by atoms with E-state index in [9.17, 15) is 27.9 Å². The number of esters is 2. The zero-order chi connectivity index (χ0) is 35.7. The Hall–Kier alpha value is -4.91. The zero-order valence-electron chi connectivity index (χ0n) is 26.9. The molecule has 1 saturated carbocycles. The number of rotatable bonds is 11. The number of carbonyl (C=O) groups is 2. The number of thiophene rings is 1. The molecule has 4 heterocycles. The third-order valence-corrected chi connectivity index (χ3v) is 9.20. The predicted molar refractivity (Wildman–Crippen MR) is 170 cm³/mol. The Morgan fingerprint density at radius 3 is 2.38 bits per heavy atom. The molecule has 3 N–H and O–H groups in total. The number of hydrogen-bond acceptors (Lipinski definition) is 15. The van der Waals surface area contributed by atoms with Gasteiger partial charge in [0.05, 0.1) is 39.1 Å². The second-order valence-corrected chi connectivity index (χ2v) is 12.6. The Labute approximate surface area is 286 Å². The summed E-state index contributed by atoms with van der Waals surface area (Å²) in [5, 5.41) is 26.7. The highest BCUT2D eigenvalue weighted by atomic mass is 32.1. The summed E-state index contributed by atoms with van der Waals surface area (Å²) < 4.78 is 66.3. The van der Waals surface area contributed by atoms with E-state index < -0.39 is 42.1 Å². The highest BCUT2D eigenvalue weighted by molar-refractivity contribution is 7.18. The number of ether oxygens (including phenoxy) is 5. The third-order valence-electron chi connectivity index (χ3n) is 8.17. The van der Waals surface area contributed by atoms with Crippen molar-refractivity contribution < 1.29 is 51.6 Å². The first-order valence-electron chi connectivity index (χ1n) is 15.1. The first-order valence-corrected chi connectivity index (χ1v) is 15.9. The molecule has 3 atom stereocenters. The van der Waals surface area contributed by atoms with Crippen LogP contribution < -0.4 is 24.8 Å². The van der Waals surface area contributed by atoms with Gasteiger partial charge in [0.1, 0.15) is 4.83 Å². The van der Waals surface area contributed by atoms with Crippen molar-refractivity contribution in [2.45, 2.75) is 56.1 Å². The number of nitrogens with zero attached hydrogens (tertiary/aromatic N) is 4. The van der Waals surface area contributed by atoms with Crippen LogP contribution in [-0.4, -0.2) is 82.3 Å². The summed E-state index contributed by atoms with van der Waals surface area (Å²) >= 11 is 0.841. The number of aromatic nitrogens is 4. The Kier molecular flexibility index (Phi) is 9.62. The van der Waals surface area contributed by atoms with Gasteiger partial charge in [-0.3, -0.25) is 5.32 Å². The maximum absolute atomic E-state index is 13.2. The molecule has 0 bridgehead atoms. The van der Waals surface area contributed by atoms with E-state index in [4.69, 9.17) is 23.7 Å². The minimum Gasteiger partial charge on any atom is -0.491 e. The minimum absolute atomic E-state index is 0.0113. The SMILES string of the molecule is COc1nc(CN[C@]23C[C@@H](NCc4ccc(-c5cc(OC)c(OC)nn5)cc4)C[C@@]2(O)OC(=O)/C=C/C(=O)O3)c2cc(CC(F)(F)F)sc2n1. The average Bonchev–Trinajstić information content (AvgIpc) is 3.60. The van der Waals surface area contributed by atoms with Crippen LogP contribution in [0.2, 0.25) is 0 Å². The monoisotopic (exact) mass is 716 g/mol. The van der Waals surface area contributed by atoms with Crippen molar-refractivity contribution in [3.63, 3.8) is 0 Å². The van der Waals surface area contributed by atoms with Gasteiger partial charge in [0.2, 0.25) is 5.72 Å². The molecular formula is C32H31F3N6O8S. The van der Waals surface area contributed by atoms with E-state index in [1.165, 1.54) is 27.4 Å². The number of alkyl halides is 3. The van der Waals surface area contributed by atoms with Crippen molar-refractivity contribution in [2.75, 3.05) is 21.3 Å². The molecule has 50 heavy (non-hydrogen) atoms. The number of carbonyl (C=O) groups excluding carboxylic acids is 2. The van der Waals surface area contributed by atoms with E-state index >= 15 is 0 Å². The third kappa shape index (κ3) is 7.32. The molecular weight excluding hydrogens is 685 g/mol. The molecule has 6 rings (SSSR count). The van der Waals surface area contributed by atoms with E-state index in [1.54, 1.807) is 6.07 Å². The van der Waals surface area contributed by atoms with Gasteiger partial charge in [-0.05, 0) is 11.6 Å². The first kappa shape index (κ1) is 34.9. The molecule has 0 amide bonds. The summed E-state index contributed by atoms with van der Waals surface area (Å²) in [6.07, 6.45) is -4.11.